The molecule has 7 aromatic carbocycles. The van der Waals surface area contributed by atoms with E-state index in [1.54, 1.807) is 0 Å². The molecule has 0 fully saturated rings. The third-order valence-corrected chi connectivity index (χ3v) is 19.3. The van der Waals surface area contributed by atoms with Crippen LogP contribution in [0.15, 0.2) is 133 Å². The summed E-state index contributed by atoms with van der Waals surface area (Å²) < 4.78 is 51.0. The van der Waals surface area contributed by atoms with Crippen LogP contribution in [0.2, 0.25) is 0 Å². The zero-order valence-electron chi connectivity index (χ0n) is 60.6. The van der Waals surface area contributed by atoms with Crippen molar-refractivity contribution in [3.8, 4) is 28.3 Å². The largest absolute Gasteiger partial charge is 0.505 e. The van der Waals surface area contributed by atoms with Gasteiger partial charge in [0.25, 0.3) is 0 Å². The molecule has 2 unspecified atom stereocenters. The van der Waals surface area contributed by atoms with E-state index in [4.69, 9.17) is 9.47 Å². The second kappa shape index (κ2) is 23.7. The van der Waals surface area contributed by atoms with E-state index in [0.29, 0.717) is 45.7 Å². The maximum absolute atomic E-state index is 16.4. The van der Waals surface area contributed by atoms with E-state index in [1.165, 1.54) is 46.5 Å². The summed E-state index contributed by atoms with van der Waals surface area (Å²) in [5.74, 6) is -2.48. The number of aromatic hydroxyl groups is 1. The summed E-state index contributed by atoms with van der Waals surface area (Å²) >= 11 is 0. The number of halogens is 2. The number of aromatic nitrogens is 2. The summed E-state index contributed by atoms with van der Waals surface area (Å²) in [5, 5.41) is 31.8. The van der Waals surface area contributed by atoms with Gasteiger partial charge in [0.05, 0.1) is 29.9 Å². The number of benzene rings is 7. The van der Waals surface area contributed by atoms with Gasteiger partial charge in [0.15, 0.2) is 0 Å². The predicted molar refractivity (Wildman–Crippen MR) is 389 cm³/mol. The fourth-order valence-electron chi connectivity index (χ4n) is 15.1. The molecule has 494 valence electrons. The minimum absolute atomic E-state index is 0.00646. The third-order valence-electron chi connectivity index (χ3n) is 19.3. The van der Waals surface area contributed by atoms with Crippen molar-refractivity contribution >= 4 is 49.2 Å². The Hall–Kier alpha value is -7.00. The first-order chi connectivity index (χ1) is 42.8. The molecule has 10 rings (SSSR count). The summed E-state index contributed by atoms with van der Waals surface area (Å²) in [4.78, 5) is 0. The molecule has 2 N–H and O–H groups in total. The smallest absolute Gasteiger partial charge is 0.218 e. The number of nitrogens with zero attached hydrogens (tertiary/aromatic N) is 2. The van der Waals surface area contributed by atoms with Crippen LogP contribution in [-0.2, 0) is 31.8 Å². The molecule has 0 spiro atoms. The van der Waals surface area contributed by atoms with Crippen LogP contribution in [0.5, 0.6) is 11.5 Å². The van der Waals surface area contributed by atoms with Crippen LogP contribution in [0.4, 0.5) is 8.78 Å². The predicted octanol–water partition coefficient (Wildman–Crippen LogP) is 23.3. The third kappa shape index (κ3) is 13.8. The van der Waals surface area contributed by atoms with Gasteiger partial charge in [-0.1, -0.05) is 189 Å². The Kier molecular flexibility index (Phi) is 17.6. The van der Waals surface area contributed by atoms with Crippen LogP contribution in [0.1, 0.15) is 222 Å². The molecule has 0 bridgehead atoms. The highest BCUT2D eigenvalue weighted by molar-refractivity contribution is 6.11. The summed E-state index contributed by atoms with van der Waals surface area (Å²) in [5.41, 5.74) is 13.0. The summed E-state index contributed by atoms with van der Waals surface area (Å²) in [6.07, 6.45) is 6.21. The molecule has 2 atom stereocenters. The van der Waals surface area contributed by atoms with Crippen molar-refractivity contribution in [3.63, 3.8) is 0 Å². The van der Waals surface area contributed by atoms with Gasteiger partial charge in [0, 0.05) is 55.7 Å². The first kappa shape index (κ1) is 68.8. The summed E-state index contributed by atoms with van der Waals surface area (Å²) in [6.45, 7) is 53.2. The second-order valence-electron chi connectivity index (χ2n) is 35.3. The maximum atomic E-state index is 16.4. The number of ether oxygens (including phenoxy) is 2. The molecule has 9 aromatic rings. The van der Waals surface area contributed by atoms with Gasteiger partial charge < -0.3 is 28.8 Å². The van der Waals surface area contributed by atoms with E-state index >= 15 is 8.78 Å². The lowest BCUT2D eigenvalue weighted by Crippen LogP contribution is -2.45. The number of phenolic OH excluding ortho intramolecular Hbond substituents is 1. The lowest BCUT2D eigenvalue weighted by Gasteiger charge is -2.44. The first-order valence-electron chi connectivity index (χ1n) is 33.8. The van der Waals surface area contributed by atoms with E-state index in [2.05, 4.69) is 246 Å². The molecule has 2 heterocycles. The number of hydrogen-bond donors (Lipinski definition) is 2. The second-order valence-corrected chi connectivity index (χ2v) is 35.3. The van der Waals surface area contributed by atoms with Gasteiger partial charge in [0.2, 0.25) is 5.79 Å². The SMILES string of the molecule is Cc1cc(F)cc(C2=CC(C(C)(C)CC(C)(C)C)=CC(n3c4ccc(C(C)(C)C)cc4c4cc(C(C)(C)C)ccc43)C2(O)OCCCOc2c(C)cc(F)cc2-c2cc(C(C)(C)CC(C)(C)C)cc(-n3c4ccc(C(C)(C)C)cc4c4cc(C(C)(C)C)ccc43)c2O)c1. The number of aliphatic hydroxyl groups is 1. The van der Waals surface area contributed by atoms with Gasteiger partial charge in [-0.05, 0) is 211 Å². The van der Waals surface area contributed by atoms with E-state index in [-0.39, 0.29) is 51.5 Å². The van der Waals surface area contributed by atoms with Crippen molar-refractivity contribution in [1.29, 1.82) is 0 Å². The van der Waals surface area contributed by atoms with E-state index in [0.717, 1.165) is 73.2 Å². The van der Waals surface area contributed by atoms with Gasteiger partial charge in [-0.3, -0.25) is 0 Å². The van der Waals surface area contributed by atoms with E-state index < -0.39 is 34.3 Å². The van der Waals surface area contributed by atoms with Crippen molar-refractivity contribution in [2.45, 2.75) is 224 Å². The summed E-state index contributed by atoms with van der Waals surface area (Å²) in [7, 11) is 0. The highest BCUT2D eigenvalue weighted by Crippen LogP contribution is 2.53. The molecule has 6 nitrogen and oxygen atoms in total. The first-order valence-corrected chi connectivity index (χ1v) is 33.8. The molecular weight excluding hydrogens is 1150 g/mol. The average molecular weight is 1260 g/mol. The molecule has 2 aromatic heterocycles. The summed E-state index contributed by atoms with van der Waals surface area (Å²) in [6, 6.07) is 38.0. The molecular formula is C85H106F2N2O4. The Bertz CT molecular complexity index is 4280. The number of fused-ring (bicyclic) bond motifs is 6. The lowest BCUT2D eigenvalue weighted by atomic mass is 9.68. The van der Waals surface area contributed by atoms with Crippen molar-refractivity contribution in [2.75, 3.05) is 13.2 Å². The van der Waals surface area contributed by atoms with Gasteiger partial charge in [0.1, 0.15) is 29.2 Å². The maximum Gasteiger partial charge on any atom is 0.218 e. The quantitative estimate of drug-likeness (QED) is 0.0841. The Morgan fingerprint density at radius 3 is 1.40 bits per heavy atom. The normalized spacial score (nSPS) is 16.7. The van der Waals surface area contributed by atoms with Gasteiger partial charge in [-0.15, -0.1) is 0 Å². The van der Waals surface area contributed by atoms with Crippen molar-refractivity contribution in [2.24, 2.45) is 16.2 Å². The molecule has 0 radical (unpaired) electrons. The van der Waals surface area contributed by atoms with Gasteiger partial charge in [-0.2, -0.15) is 0 Å². The molecule has 1 aliphatic rings. The van der Waals surface area contributed by atoms with Crippen LogP contribution >= 0.6 is 0 Å². The van der Waals surface area contributed by atoms with Gasteiger partial charge >= 0.3 is 0 Å². The molecule has 0 saturated carbocycles. The zero-order chi connectivity index (χ0) is 68.5. The minimum Gasteiger partial charge on any atom is -0.505 e. The molecule has 0 saturated heterocycles. The monoisotopic (exact) mass is 1260 g/mol. The molecule has 93 heavy (non-hydrogen) atoms. The molecule has 0 amide bonds. The topological polar surface area (TPSA) is 68.8 Å². The van der Waals surface area contributed by atoms with Crippen LogP contribution in [0.3, 0.4) is 0 Å². The fourth-order valence-corrected chi connectivity index (χ4v) is 15.1. The number of aryl methyl sites for hydroxylation is 2. The van der Waals surface area contributed by atoms with Crippen LogP contribution in [-0.4, -0.2) is 38.3 Å². The Balaban J connectivity index is 1.11. The van der Waals surface area contributed by atoms with E-state index in [1.807, 2.05) is 32.1 Å². The van der Waals surface area contributed by atoms with E-state index in [9.17, 15) is 10.2 Å². The standard InChI is InChI=1S/C85H106F2N2O4/c1-51-36-53(39-60(86)37-51)68-45-59(84(23,24)50-78(6,7)8)47-74(89-71-32-28-56(81(15,16)17)42-64(71)65-43-57(82(18,19)20)29-33-72(65)89)85(68,91)93-35-25-34-92-76-52(2)38-61(87)48-67(76)66-44-58(83(21,22)49-77(3,4)5)46-73(75(66)90)88-69-30-26-54(79(9,10)11)40-62(69)63-41-55(80(12,13)14)27-31-70(63)88/h26-33,36-48,74,90-91H,25,34-35,49-50H2,1-24H3. The van der Waals surface area contributed by atoms with Gasteiger partial charge in [-0.25, -0.2) is 8.78 Å². The lowest BCUT2D eigenvalue weighted by molar-refractivity contribution is -0.179. The average Bonchev–Trinajstić information content (AvgIpc) is 1.64. The number of rotatable bonds is 14. The van der Waals surface area contributed by atoms with Crippen molar-refractivity contribution < 1.29 is 28.5 Å². The van der Waals surface area contributed by atoms with Crippen LogP contribution in [0, 0.1) is 41.7 Å². The number of phenols is 1. The van der Waals surface area contributed by atoms with Crippen molar-refractivity contribution in [1.82, 2.24) is 9.13 Å². The number of allylic oxidation sites excluding steroid dienone is 2. The van der Waals surface area contributed by atoms with Crippen molar-refractivity contribution in [3.05, 3.63) is 189 Å². The van der Waals surface area contributed by atoms with Crippen LogP contribution < -0.4 is 4.74 Å². The number of hydrogen-bond acceptors (Lipinski definition) is 4. The Morgan fingerprint density at radius 1 is 0.484 bits per heavy atom. The Morgan fingerprint density at radius 2 is 0.935 bits per heavy atom. The van der Waals surface area contributed by atoms with Crippen LogP contribution in [0.25, 0.3) is 66.0 Å². The Labute approximate surface area is 555 Å². The molecule has 8 heteroatoms. The zero-order valence-corrected chi connectivity index (χ0v) is 60.6. The molecule has 0 aliphatic heterocycles. The minimum atomic E-state index is -2.05. The molecule has 1 aliphatic carbocycles. The highest BCUT2D eigenvalue weighted by Gasteiger charge is 2.48. The fraction of sp³-hybridized carbons (Fsp3) is 0.459. The highest BCUT2D eigenvalue weighted by atomic mass is 19.1.